The molecule has 0 fully saturated rings. The van der Waals surface area contributed by atoms with Gasteiger partial charge in [-0.3, -0.25) is 10.1 Å². The van der Waals surface area contributed by atoms with Crippen LogP contribution in [0.15, 0.2) is 51.9 Å². The second kappa shape index (κ2) is 9.32. The van der Waals surface area contributed by atoms with Crippen molar-refractivity contribution in [3.63, 3.8) is 0 Å². The minimum Gasteiger partial charge on any atom is -0.497 e. The molecule has 1 amide bonds. The number of anilines is 1. The molecule has 0 bridgehead atoms. The molecule has 0 atom stereocenters. The minimum absolute atomic E-state index is 0.139. The van der Waals surface area contributed by atoms with Crippen LogP contribution in [0.5, 0.6) is 5.75 Å². The number of hydrogen-bond donors (Lipinski definition) is 2. The lowest BCUT2D eigenvalue weighted by molar-refractivity contribution is -0.114. The Morgan fingerprint density at radius 1 is 1.16 bits per heavy atom. The highest BCUT2D eigenvalue weighted by molar-refractivity contribution is 7.89. The fraction of sp³-hybridized carbons (Fsp3) is 0.273. The number of nitrogens with one attached hydrogen (secondary N) is 2. The summed E-state index contributed by atoms with van der Waals surface area (Å²) in [5, 5.41) is 6.62. The molecular formula is C22H25N3O5S. The van der Waals surface area contributed by atoms with Gasteiger partial charge in [0.25, 0.3) is 0 Å². The summed E-state index contributed by atoms with van der Waals surface area (Å²) in [6.07, 6.45) is 0.560. The predicted molar refractivity (Wildman–Crippen MR) is 117 cm³/mol. The van der Waals surface area contributed by atoms with Gasteiger partial charge in [0.2, 0.25) is 21.8 Å². The van der Waals surface area contributed by atoms with Crippen LogP contribution in [0, 0.1) is 6.92 Å². The Morgan fingerprint density at radius 3 is 2.48 bits per heavy atom. The lowest BCUT2D eigenvalue weighted by Crippen LogP contribution is -2.24. The van der Waals surface area contributed by atoms with E-state index in [4.69, 9.17) is 9.26 Å². The first-order valence-corrected chi connectivity index (χ1v) is 11.2. The smallest absolute Gasteiger partial charge is 0.241 e. The number of aromatic nitrogens is 1. The van der Waals surface area contributed by atoms with Crippen molar-refractivity contribution < 1.29 is 22.5 Å². The Morgan fingerprint density at radius 2 is 1.87 bits per heavy atom. The number of hydrogen-bond acceptors (Lipinski definition) is 6. The van der Waals surface area contributed by atoms with Crippen LogP contribution in [0.1, 0.15) is 30.7 Å². The summed E-state index contributed by atoms with van der Waals surface area (Å²) in [4.78, 5) is 11.7. The van der Waals surface area contributed by atoms with Gasteiger partial charge in [0.1, 0.15) is 5.75 Å². The Labute approximate surface area is 181 Å². The molecule has 3 aromatic rings. The van der Waals surface area contributed by atoms with Gasteiger partial charge in [-0.2, -0.15) is 0 Å². The van der Waals surface area contributed by atoms with Crippen LogP contribution in [-0.2, 0) is 27.8 Å². The summed E-state index contributed by atoms with van der Waals surface area (Å²) < 4.78 is 39.1. The highest BCUT2D eigenvalue weighted by atomic mass is 32.2. The van der Waals surface area contributed by atoms with Crippen molar-refractivity contribution >= 4 is 21.8 Å². The summed E-state index contributed by atoms with van der Waals surface area (Å²) in [6.45, 7) is 5.14. The van der Waals surface area contributed by atoms with Crippen LogP contribution >= 0.6 is 0 Å². The number of amides is 1. The van der Waals surface area contributed by atoms with Crippen molar-refractivity contribution in [2.45, 2.75) is 38.6 Å². The van der Waals surface area contributed by atoms with Crippen molar-refractivity contribution in [1.29, 1.82) is 0 Å². The van der Waals surface area contributed by atoms with Gasteiger partial charge < -0.3 is 9.26 Å². The monoisotopic (exact) mass is 443 g/mol. The van der Waals surface area contributed by atoms with Crippen molar-refractivity contribution in [2.75, 3.05) is 12.4 Å². The molecule has 1 aromatic heterocycles. The fourth-order valence-corrected chi connectivity index (χ4v) is 4.44. The standard InChI is InChI=1S/C22H25N3O5S/c1-5-19-21(22(30-25-19)24-15(3)26)17-9-6-14(2)20(12-17)31(27,28)23-13-16-7-10-18(29-4)11-8-16/h6-12,23H,5,13H2,1-4H3,(H,24,26). The fourth-order valence-electron chi connectivity index (χ4n) is 3.15. The molecule has 1 heterocycles. The molecule has 0 radical (unpaired) electrons. The molecule has 8 nitrogen and oxygen atoms in total. The molecule has 0 unspecified atom stereocenters. The van der Waals surface area contributed by atoms with Crippen molar-refractivity contribution in [2.24, 2.45) is 0 Å². The van der Waals surface area contributed by atoms with Crippen LogP contribution in [0.3, 0.4) is 0 Å². The Balaban J connectivity index is 1.93. The van der Waals surface area contributed by atoms with E-state index in [9.17, 15) is 13.2 Å². The van der Waals surface area contributed by atoms with E-state index in [1.165, 1.54) is 6.92 Å². The SMILES string of the molecule is CCc1noc(NC(C)=O)c1-c1ccc(C)c(S(=O)(=O)NCc2ccc(OC)cc2)c1. The molecule has 31 heavy (non-hydrogen) atoms. The average Bonchev–Trinajstić information content (AvgIpc) is 3.14. The summed E-state index contributed by atoms with van der Waals surface area (Å²) in [5.41, 5.74) is 3.20. The average molecular weight is 444 g/mol. The highest BCUT2D eigenvalue weighted by Gasteiger charge is 2.22. The van der Waals surface area contributed by atoms with Gasteiger partial charge in [0, 0.05) is 13.5 Å². The predicted octanol–water partition coefficient (Wildman–Crippen LogP) is 3.66. The summed E-state index contributed by atoms with van der Waals surface area (Å²) >= 11 is 0. The maximum absolute atomic E-state index is 13.0. The van der Waals surface area contributed by atoms with Gasteiger partial charge in [0.05, 0.1) is 23.3 Å². The van der Waals surface area contributed by atoms with Gasteiger partial charge in [-0.15, -0.1) is 0 Å². The normalized spacial score (nSPS) is 11.4. The van der Waals surface area contributed by atoms with Crippen LogP contribution in [-0.4, -0.2) is 26.6 Å². The molecule has 0 aliphatic heterocycles. The Hall–Kier alpha value is -3.17. The number of aryl methyl sites for hydroxylation is 2. The number of benzene rings is 2. The number of ether oxygens (including phenoxy) is 1. The molecule has 164 valence electrons. The van der Waals surface area contributed by atoms with Crippen molar-refractivity contribution in [1.82, 2.24) is 9.88 Å². The molecule has 0 saturated carbocycles. The van der Waals surface area contributed by atoms with Gasteiger partial charge in [-0.05, 0) is 48.2 Å². The van der Waals surface area contributed by atoms with Crippen molar-refractivity contribution in [3.05, 3.63) is 59.3 Å². The van der Waals surface area contributed by atoms with E-state index in [0.717, 1.165) is 5.56 Å². The van der Waals surface area contributed by atoms with Crippen LogP contribution in [0.4, 0.5) is 5.88 Å². The van der Waals surface area contributed by atoms with E-state index in [1.807, 2.05) is 6.92 Å². The van der Waals surface area contributed by atoms with Gasteiger partial charge in [0.15, 0.2) is 0 Å². The Kier molecular flexibility index (Phi) is 6.77. The second-order valence-corrected chi connectivity index (χ2v) is 8.76. The maximum atomic E-state index is 13.0. The first-order chi connectivity index (χ1) is 14.7. The molecule has 2 N–H and O–H groups in total. The molecular weight excluding hydrogens is 418 g/mol. The topological polar surface area (TPSA) is 111 Å². The minimum atomic E-state index is -3.79. The number of carbonyl (C=O) groups is 1. The third-order valence-electron chi connectivity index (χ3n) is 4.78. The molecule has 2 aromatic carbocycles. The van der Waals surface area contributed by atoms with Gasteiger partial charge in [-0.25, -0.2) is 13.1 Å². The first kappa shape index (κ1) is 22.5. The quantitative estimate of drug-likeness (QED) is 0.550. The number of carbonyl (C=O) groups excluding carboxylic acids is 1. The summed E-state index contributed by atoms with van der Waals surface area (Å²) in [5.74, 6) is 0.592. The van der Waals surface area contributed by atoms with Gasteiger partial charge in [-0.1, -0.05) is 36.3 Å². The second-order valence-electron chi connectivity index (χ2n) is 7.02. The summed E-state index contributed by atoms with van der Waals surface area (Å²) in [6, 6.07) is 12.2. The maximum Gasteiger partial charge on any atom is 0.241 e. The number of nitrogens with zero attached hydrogens (tertiary/aromatic N) is 1. The van der Waals surface area contributed by atoms with Crippen molar-refractivity contribution in [3.8, 4) is 16.9 Å². The third kappa shape index (κ3) is 5.12. The zero-order valence-electron chi connectivity index (χ0n) is 17.9. The van der Waals surface area contributed by atoms with Crippen LogP contribution < -0.4 is 14.8 Å². The molecule has 0 aliphatic carbocycles. The molecule has 0 aliphatic rings. The third-order valence-corrected chi connectivity index (χ3v) is 6.32. The zero-order valence-corrected chi connectivity index (χ0v) is 18.7. The molecule has 9 heteroatoms. The Bertz CT molecular complexity index is 1180. The number of rotatable bonds is 8. The van der Waals surface area contributed by atoms with E-state index in [1.54, 1.807) is 56.5 Å². The van der Waals surface area contributed by atoms with E-state index >= 15 is 0 Å². The number of methoxy groups -OCH3 is 1. The summed E-state index contributed by atoms with van der Waals surface area (Å²) in [7, 11) is -2.22. The lowest BCUT2D eigenvalue weighted by Gasteiger charge is -2.12. The number of sulfonamides is 1. The van der Waals surface area contributed by atoms with Gasteiger partial charge >= 0.3 is 0 Å². The lowest BCUT2D eigenvalue weighted by atomic mass is 10.0. The molecule has 0 spiro atoms. The van der Waals surface area contributed by atoms with E-state index in [0.29, 0.717) is 34.6 Å². The largest absolute Gasteiger partial charge is 0.497 e. The zero-order chi connectivity index (χ0) is 22.6. The molecule has 3 rings (SSSR count). The van der Waals surface area contributed by atoms with Crippen LogP contribution in [0.2, 0.25) is 0 Å². The van der Waals surface area contributed by atoms with E-state index in [-0.39, 0.29) is 23.2 Å². The highest BCUT2D eigenvalue weighted by Crippen LogP contribution is 2.34. The molecule has 0 saturated heterocycles. The van der Waals surface area contributed by atoms with E-state index in [2.05, 4.69) is 15.2 Å². The van der Waals surface area contributed by atoms with E-state index < -0.39 is 10.0 Å². The first-order valence-electron chi connectivity index (χ1n) is 9.75. The van der Waals surface area contributed by atoms with Crippen LogP contribution in [0.25, 0.3) is 11.1 Å².